The van der Waals surface area contributed by atoms with Gasteiger partial charge in [0.2, 0.25) is 0 Å². The van der Waals surface area contributed by atoms with E-state index in [-0.39, 0.29) is 5.41 Å². The molecule has 86 valence electrons. The van der Waals surface area contributed by atoms with Gasteiger partial charge in [0.25, 0.3) is 0 Å². The number of aromatic nitrogens is 1. The van der Waals surface area contributed by atoms with Gasteiger partial charge in [-0.1, -0.05) is 12.5 Å². The molecule has 1 aliphatic rings. The third-order valence-electron chi connectivity index (χ3n) is 3.46. The minimum absolute atomic E-state index is 0.221. The van der Waals surface area contributed by atoms with Crippen LogP contribution >= 0.6 is 0 Å². The van der Waals surface area contributed by atoms with Gasteiger partial charge < -0.3 is 10.1 Å². The van der Waals surface area contributed by atoms with E-state index in [0.29, 0.717) is 6.61 Å². The lowest BCUT2D eigenvalue weighted by atomic mass is 9.69. The molecule has 1 aromatic rings. The van der Waals surface area contributed by atoms with Crippen LogP contribution < -0.4 is 0 Å². The lowest BCUT2D eigenvalue weighted by Crippen LogP contribution is -2.42. The van der Waals surface area contributed by atoms with Crippen LogP contribution in [0.25, 0.3) is 0 Å². The second-order valence-electron chi connectivity index (χ2n) is 4.44. The standard InChI is InChI=1S/C13H18N2O/c1-16-10-13(7-3-2-6-12(13)14)11-5-4-8-15-9-11/h4-5,8-9,14H,2-3,6-7,10H2,1H3. The zero-order chi connectivity index (χ0) is 11.4. The number of methoxy groups -OCH3 is 1. The van der Waals surface area contributed by atoms with Crippen molar-refractivity contribution in [2.45, 2.75) is 31.1 Å². The first kappa shape index (κ1) is 11.3. The van der Waals surface area contributed by atoms with Crippen LogP contribution in [-0.4, -0.2) is 24.4 Å². The first-order valence-electron chi connectivity index (χ1n) is 5.77. The predicted molar refractivity (Wildman–Crippen MR) is 64.0 cm³/mol. The van der Waals surface area contributed by atoms with E-state index in [1.54, 1.807) is 13.3 Å². The summed E-state index contributed by atoms with van der Waals surface area (Å²) in [5, 5.41) is 8.23. The molecular formula is C13H18N2O. The molecule has 1 saturated carbocycles. The van der Waals surface area contributed by atoms with E-state index in [0.717, 1.165) is 30.5 Å². The van der Waals surface area contributed by atoms with Crippen molar-refractivity contribution in [2.75, 3.05) is 13.7 Å². The zero-order valence-electron chi connectivity index (χ0n) is 9.70. The summed E-state index contributed by atoms with van der Waals surface area (Å²) >= 11 is 0. The lowest BCUT2D eigenvalue weighted by molar-refractivity contribution is 0.148. The molecule has 0 aliphatic heterocycles. The maximum Gasteiger partial charge on any atom is 0.0612 e. The molecule has 16 heavy (non-hydrogen) atoms. The Morgan fingerprint density at radius 3 is 3.00 bits per heavy atom. The third kappa shape index (κ3) is 1.87. The highest BCUT2D eigenvalue weighted by Gasteiger charge is 2.38. The topological polar surface area (TPSA) is 46.0 Å². The van der Waals surface area contributed by atoms with Crippen molar-refractivity contribution in [3.05, 3.63) is 30.1 Å². The van der Waals surface area contributed by atoms with Crippen LogP contribution in [0.15, 0.2) is 24.5 Å². The van der Waals surface area contributed by atoms with Crippen molar-refractivity contribution in [2.24, 2.45) is 0 Å². The largest absolute Gasteiger partial charge is 0.383 e. The van der Waals surface area contributed by atoms with Crippen LogP contribution in [-0.2, 0) is 10.2 Å². The highest BCUT2D eigenvalue weighted by molar-refractivity contribution is 5.93. The Morgan fingerprint density at radius 1 is 1.50 bits per heavy atom. The van der Waals surface area contributed by atoms with E-state index >= 15 is 0 Å². The van der Waals surface area contributed by atoms with Crippen molar-refractivity contribution >= 4 is 5.71 Å². The van der Waals surface area contributed by atoms with Gasteiger partial charge in [-0.2, -0.15) is 0 Å². The SMILES string of the molecule is COCC1(c2cccnc2)CCCCC1=N. The van der Waals surface area contributed by atoms with Gasteiger partial charge in [-0.3, -0.25) is 4.98 Å². The van der Waals surface area contributed by atoms with Gasteiger partial charge in [0.05, 0.1) is 12.0 Å². The molecule has 0 amide bonds. The molecule has 0 saturated heterocycles. The summed E-state index contributed by atoms with van der Waals surface area (Å²) in [5.74, 6) is 0. The molecule has 1 fully saturated rings. The molecule has 0 aromatic carbocycles. The molecule has 1 atom stereocenters. The number of pyridine rings is 1. The van der Waals surface area contributed by atoms with Crippen molar-refractivity contribution in [3.8, 4) is 0 Å². The molecule has 1 aromatic heterocycles. The number of rotatable bonds is 3. The summed E-state index contributed by atoms with van der Waals surface area (Å²) in [7, 11) is 1.71. The molecule has 1 unspecified atom stereocenters. The van der Waals surface area contributed by atoms with Crippen LogP contribution in [0.1, 0.15) is 31.2 Å². The fraction of sp³-hybridized carbons (Fsp3) is 0.538. The van der Waals surface area contributed by atoms with Gasteiger partial charge in [-0.05, 0) is 30.9 Å². The molecule has 1 N–H and O–H groups in total. The van der Waals surface area contributed by atoms with Crippen molar-refractivity contribution in [1.82, 2.24) is 4.98 Å². The monoisotopic (exact) mass is 218 g/mol. The Morgan fingerprint density at radius 2 is 2.38 bits per heavy atom. The number of hydrogen-bond acceptors (Lipinski definition) is 3. The third-order valence-corrected chi connectivity index (χ3v) is 3.46. The quantitative estimate of drug-likeness (QED) is 0.847. The van der Waals surface area contributed by atoms with Gasteiger partial charge in [0.1, 0.15) is 0 Å². The smallest absolute Gasteiger partial charge is 0.0612 e. The number of nitrogens with zero attached hydrogens (tertiary/aromatic N) is 1. The van der Waals surface area contributed by atoms with Crippen LogP contribution in [0.5, 0.6) is 0 Å². The highest BCUT2D eigenvalue weighted by Crippen LogP contribution is 2.36. The molecule has 1 aliphatic carbocycles. The highest BCUT2D eigenvalue weighted by atomic mass is 16.5. The maximum atomic E-state index is 8.23. The fourth-order valence-corrected chi connectivity index (χ4v) is 2.57. The molecular weight excluding hydrogens is 200 g/mol. The van der Waals surface area contributed by atoms with E-state index in [1.165, 1.54) is 6.42 Å². The second-order valence-corrected chi connectivity index (χ2v) is 4.44. The Balaban J connectivity index is 2.38. The number of ether oxygens (including phenoxy) is 1. The molecule has 0 radical (unpaired) electrons. The van der Waals surface area contributed by atoms with Crippen LogP contribution in [0, 0.1) is 5.41 Å². The molecule has 0 bridgehead atoms. The fourth-order valence-electron chi connectivity index (χ4n) is 2.57. The van der Waals surface area contributed by atoms with E-state index in [4.69, 9.17) is 10.1 Å². The van der Waals surface area contributed by atoms with E-state index in [2.05, 4.69) is 11.1 Å². The van der Waals surface area contributed by atoms with Crippen LogP contribution in [0.2, 0.25) is 0 Å². The summed E-state index contributed by atoms with van der Waals surface area (Å²) in [5.41, 5.74) is 1.71. The Bertz CT molecular complexity index is 359. The Kier molecular flexibility index (Phi) is 3.34. The average molecular weight is 218 g/mol. The number of nitrogens with one attached hydrogen (secondary N) is 1. The molecule has 1 heterocycles. The summed E-state index contributed by atoms with van der Waals surface area (Å²) in [6, 6.07) is 4.00. The first-order chi connectivity index (χ1) is 7.79. The van der Waals surface area contributed by atoms with Gasteiger partial charge >= 0.3 is 0 Å². The lowest BCUT2D eigenvalue weighted by Gasteiger charge is -2.37. The van der Waals surface area contributed by atoms with Crippen molar-refractivity contribution < 1.29 is 4.74 Å². The van der Waals surface area contributed by atoms with E-state index in [9.17, 15) is 0 Å². The Labute approximate surface area is 96.4 Å². The minimum Gasteiger partial charge on any atom is -0.383 e. The Hall–Kier alpha value is -1.22. The normalized spacial score (nSPS) is 25.7. The number of hydrogen-bond donors (Lipinski definition) is 1. The van der Waals surface area contributed by atoms with E-state index < -0.39 is 0 Å². The molecule has 3 heteroatoms. The van der Waals surface area contributed by atoms with Gasteiger partial charge in [0, 0.05) is 25.2 Å². The van der Waals surface area contributed by atoms with Crippen molar-refractivity contribution in [3.63, 3.8) is 0 Å². The summed E-state index contributed by atoms with van der Waals surface area (Å²) < 4.78 is 5.34. The molecule has 3 nitrogen and oxygen atoms in total. The van der Waals surface area contributed by atoms with Gasteiger partial charge in [-0.15, -0.1) is 0 Å². The summed E-state index contributed by atoms with van der Waals surface area (Å²) in [4.78, 5) is 4.17. The average Bonchev–Trinajstić information content (AvgIpc) is 2.34. The van der Waals surface area contributed by atoms with Gasteiger partial charge in [-0.25, -0.2) is 0 Å². The minimum atomic E-state index is -0.221. The van der Waals surface area contributed by atoms with E-state index in [1.807, 2.05) is 12.3 Å². The zero-order valence-corrected chi connectivity index (χ0v) is 9.70. The summed E-state index contributed by atoms with van der Waals surface area (Å²) in [6.45, 7) is 0.595. The second kappa shape index (κ2) is 4.74. The van der Waals surface area contributed by atoms with Gasteiger partial charge in [0.15, 0.2) is 0 Å². The predicted octanol–water partition coefficient (Wildman–Crippen LogP) is 2.56. The maximum absolute atomic E-state index is 8.23. The first-order valence-corrected chi connectivity index (χ1v) is 5.77. The molecule has 0 spiro atoms. The summed E-state index contributed by atoms with van der Waals surface area (Å²) in [6.07, 6.45) is 7.84. The molecule has 2 rings (SSSR count). The van der Waals surface area contributed by atoms with Crippen LogP contribution in [0.3, 0.4) is 0 Å². The van der Waals surface area contributed by atoms with Crippen LogP contribution in [0.4, 0.5) is 0 Å². The van der Waals surface area contributed by atoms with Crippen molar-refractivity contribution in [1.29, 1.82) is 5.41 Å².